The number of guanidine groups is 1. The molecule has 2 N–H and O–H groups in total. The Balaban J connectivity index is 0.00000320. The summed E-state index contributed by atoms with van der Waals surface area (Å²) in [5.74, 6) is 0.876. The molecule has 162 valence electrons. The van der Waals surface area contributed by atoms with Crippen LogP contribution >= 0.6 is 24.0 Å². The second kappa shape index (κ2) is 13.2. The van der Waals surface area contributed by atoms with Crippen LogP contribution in [-0.4, -0.2) is 67.5 Å². The maximum Gasteiger partial charge on any atom is 0.251 e. The summed E-state index contributed by atoms with van der Waals surface area (Å²) < 4.78 is 0. The van der Waals surface area contributed by atoms with Crippen LogP contribution in [0.2, 0.25) is 0 Å². The zero-order valence-electron chi connectivity index (χ0n) is 17.6. The summed E-state index contributed by atoms with van der Waals surface area (Å²) in [5, 5.41) is 6.31. The monoisotopic (exact) mass is 521 g/mol. The van der Waals surface area contributed by atoms with E-state index in [4.69, 9.17) is 4.99 Å². The summed E-state index contributed by atoms with van der Waals surface area (Å²) in [6, 6.07) is 19.9. The van der Waals surface area contributed by atoms with E-state index in [0.717, 1.165) is 45.2 Å². The molecule has 1 aliphatic rings. The van der Waals surface area contributed by atoms with Gasteiger partial charge in [-0.1, -0.05) is 48.5 Å². The Hall–Kier alpha value is -2.13. The number of piperazine rings is 1. The SMILES string of the molecule is CCNC(=NCCNC(=O)c1ccccc1)N1CCN(Cc2ccccc2)CC1.I. The molecule has 2 aromatic rings. The van der Waals surface area contributed by atoms with Gasteiger partial charge in [0.25, 0.3) is 5.91 Å². The van der Waals surface area contributed by atoms with E-state index < -0.39 is 0 Å². The average Bonchev–Trinajstić information content (AvgIpc) is 2.78. The van der Waals surface area contributed by atoms with Crippen LogP contribution in [0, 0.1) is 0 Å². The molecule has 0 bridgehead atoms. The molecule has 6 nitrogen and oxygen atoms in total. The fraction of sp³-hybridized carbons (Fsp3) is 0.391. The van der Waals surface area contributed by atoms with Gasteiger partial charge >= 0.3 is 0 Å². The molecule has 0 aliphatic carbocycles. The number of halogens is 1. The van der Waals surface area contributed by atoms with Gasteiger partial charge in [0.05, 0.1) is 6.54 Å². The van der Waals surface area contributed by atoms with Gasteiger partial charge in [0.1, 0.15) is 0 Å². The molecular weight excluding hydrogens is 489 g/mol. The van der Waals surface area contributed by atoms with Crippen LogP contribution in [0.5, 0.6) is 0 Å². The predicted molar refractivity (Wildman–Crippen MR) is 133 cm³/mol. The summed E-state index contributed by atoms with van der Waals surface area (Å²) >= 11 is 0. The molecule has 0 atom stereocenters. The number of nitrogens with zero attached hydrogens (tertiary/aromatic N) is 3. The van der Waals surface area contributed by atoms with Crippen LogP contribution in [0.15, 0.2) is 65.7 Å². The molecule has 1 saturated heterocycles. The number of hydrogen-bond acceptors (Lipinski definition) is 3. The standard InChI is InChI=1S/C23H31N5O.HI/c1-2-24-23(26-14-13-25-22(29)21-11-7-4-8-12-21)28-17-15-27(16-18-28)19-20-9-5-3-6-10-20;/h3-12H,2,13-19H2,1H3,(H,24,26)(H,25,29);1H. The minimum absolute atomic E-state index is 0. The molecule has 0 radical (unpaired) electrons. The van der Waals surface area contributed by atoms with E-state index in [2.05, 4.69) is 57.7 Å². The number of amides is 1. The zero-order chi connectivity index (χ0) is 20.3. The fourth-order valence-corrected chi connectivity index (χ4v) is 3.41. The largest absolute Gasteiger partial charge is 0.357 e. The number of carbonyl (C=O) groups excluding carboxylic acids is 1. The van der Waals surface area contributed by atoms with Crippen molar-refractivity contribution >= 4 is 35.8 Å². The Labute approximate surface area is 196 Å². The minimum Gasteiger partial charge on any atom is -0.357 e. The lowest BCUT2D eigenvalue weighted by Crippen LogP contribution is -2.52. The second-order valence-electron chi connectivity index (χ2n) is 7.11. The van der Waals surface area contributed by atoms with Crippen molar-refractivity contribution < 1.29 is 4.79 Å². The molecule has 3 rings (SSSR count). The third-order valence-corrected chi connectivity index (χ3v) is 4.95. The lowest BCUT2D eigenvalue weighted by Gasteiger charge is -2.36. The van der Waals surface area contributed by atoms with Crippen LogP contribution in [-0.2, 0) is 6.54 Å². The molecule has 1 amide bonds. The Morgan fingerprint density at radius 3 is 2.20 bits per heavy atom. The van der Waals surface area contributed by atoms with E-state index in [1.807, 2.05) is 30.3 Å². The van der Waals surface area contributed by atoms with Crippen LogP contribution in [0.4, 0.5) is 0 Å². The van der Waals surface area contributed by atoms with E-state index in [1.165, 1.54) is 5.56 Å². The number of rotatable bonds is 7. The first-order valence-corrected chi connectivity index (χ1v) is 10.4. The summed E-state index contributed by atoms with van der Waals surface area (Å²) in [6.07, 6.45) is 0. The van der Waals surface area contributed by atoms with Crippen molar-refractivity contribution in [1.82, 2.24) is 20.4 Å². The third-order valence-electron chi connectivity index (χ3n) is 4.95. The Bertz CT molecular complexity index is 777. The number of hydrogen-bond donors (Lipinski definition) is 2. The number of benzene rings is 2. The van der Waals surface area contributed by atoms with E-state index in [1.54, 1.807) is 0 Å². The van der Waals surface area contributed by atoms with Gasteiger partial charge in [-0.05, 0) is 24.6 Å². The molecular formula is C23H32IN5O. The Kier molecular flexibility index (Phi) is 10.6. The maximum atomic E-state index is 12.1. The molecule has 0 unspecified atom stereocenters. The van der Waals surface area contributed by atoms with Crippen LogP contribution < -0.4 is 10.6 Å². The molecule has 0 spiro atoms. The molecule has 1 aliphatic heterocycles. The van der Waals surface area contributed by atoms with Crippen LogP contribution in [0.3, 0.4) is 0 Å². The van der Waals surface area contributed by atoms with E-state index >= 15 is 0 Å². The third kappa shape index (κ3) is 7.60. The van der Waals surface area contributed by atoms with E-state index in [9.17, 15) is 4.79 Å². The van der Waals surface area contributed by atoms with Gasteiger partial charge in [-0.2, -0.15) is 0 Å². The van der Waals surface area contributed by atoms with Gasteiger partial charge in [0, 0.05) is 51.4 Å². The normalized spacial score (nSPS) is 14.7. The van der Waals surface area contributed by atoms with Crippen molar-refractivity contribution in [3.05, 3.63) is 71.8 Å². The molecule has 1 fully saturated rings. The molecule has 0 saturated carbocycles. The topological polar surface area (TPSA) is 60.0 Å². The molecule has 0 aromatic heterocycles. The van der Waals surface area contributed by atoms with Crippen molar-refractivity contribution in [3.63, 3.8) is 0 Å². The first-order valence-electron chi connectivity index (χ1n) is 10.4. The van der Waals surface area contributed by atoms with Gasteiger partial charge < -0.3 is 15.5 Å². The van der Waals surface area contributed by atoms with Gasteiger partial charge in [-0.25, -0.2) is 0 Å². The second-order valence-corrected chi connectivity index (χ2v) is 7.11. The highest BCUT2D eigenvalue weighted by Crippen LogP contribution is 2.08. The number of aliphatic imine (C=N–C) groups is 1. The van der Waals surface area contributed by atoms with Crippen molar-refractivity contribution in [2.75, 3.05) is 45.8 Å². The highest BCUT2D eigenvalue weighted by molar-refractivity contribution is 14.0. The van der Waals surface area contributed by atoms with Crippen molar-refractivity contribution in [2.24, 2.45) is 4.99 Å². The van der Waals surface area contributed by atoms with Gasteiger partial charge in [-0.15, -0.1) is 24.0 Å². The lowest BCUT2D eigenvalue weighted by molar-refractivity contribution is 0.0954. The molecule has 30 heavy (non-hydrogen) atoms. The lowest BCUT2D eigenvalue weighted by atomic mass is 10.2. The highest BCUT2D eigenvalue weighted by atomic mass is 127. The Morgan fingerprint density at radius 2 is 1.57 bits per heavy atom. The quantitative estimate of drug-likeness (QED) is 0.255. The summed E-state index contributed by atoms with van der Waals surface area (Å²) in [4.78, 5) is 21.6. The van der Waals surface area contributed by atoms with Crippen LogP contribution in [0.1, 0.15) is 22.8 Å². The predicted octanol–water partition coefficient (Wildman–Crippen LogP) is 2.82. The summed E-state index contributed by atoms with van der Waals surface area (Å²) in [6.45, 7) is 8.94. The summed E-state index contributed by atoms with van der Waals surface area (Å²) in [7, 11) is 0. The Morgan fingerprint density at radius 1 is 0.933 bits per heavy atom. The highest BCUT2D eigenvalue weighted by Gasteiger charge is 2.19. The first kappa shape index (κ1) is 24.1. The van der Waals surface area contributed by atoms with Gasteiger partial charge in [-0.3, -0.25) is 14.7 Å². The zero-order valence-corrected chi connectivity index (χ0v) is 19.9. The minimum atomic E-state index is -0.0553. The van der Waals surface area contributed by atoms with Crippen molar-refractivity contribution in [2.45, 2.75) is 13.5 Å². The number of carbonyl (C=O) groups is 1. The van der Waals surface area contributed by atoms with Crippen molar-refractivity contribution in [3.8, 4) is 0 Å². The first-order chi connectivity index (χ1) is 14.3. The molecule has 2 aromatic carbocycles. The van der Waals surface area contributed by atoms with E-state index in [-0.39, 0.29) is 29.9 Å². The summed E-state index contributed by atoms with van der Waals surface area (Å²) in [5.41, 5.74) is 2.04. The van der Waals surface area contributed by atoms with Gasteiger partial charge in [0.2, 0.25) is 0 Å². The maximum absolute atomic E-state index is 12.1. The van der Waals surface area contributed by atoms with Crippen molar-refractivity contribution in [1.29, 1.82) is 0 Å². The number of nitrogens with one attached hydrogen (secondary N) is 2. The molecule has 7 heteroatoms. The van der Waals surface area contributed by atoms with Crippen LogP contribution in [0.25, 0.3) is 0 Å². The smallest absolute Gasteiger partial charge is 0.251 e. The fourth-order valence-electron chi connectivity index (χ4n) is 3.41. The van der Waals surface area contributed by atoms with E-state index in [0.29, 0.717) is 18.7 Å². The molecule has 1 heterocycles. The van der Waals surface area contributed by atoms with Gasteiger partial charge in [0.15, 0.2) is 5.96 Å². The average molecular weight is 521 g/mol.